The first-order valence-electron chi connectivity index (χ1n) is 9.69. The molecule has 0 spiro atoms. The van der Waals surface area contributed by atoms with Crippen LogP contribution < -0.4 is 0 Å². The normalized spacial score (nSPS) is 34.7. The molecule has 1 saturated heterocycles. The van der Waals surface area contributed by atoms with E-state index in [2.05, 4.69) is 0 Å². The lowest BCUT2D eigenvalue weighted by Crippen LogP contribution is -2.56. The largest absolute Gasteiger partial charge is 0.396 e. The molecule has 8 nitrogen and oxygen atoms in total. The number of methoxy groups -OCH3 is 1. The molecule has 1 aliphatic heterocycles. The van der Waals surface area contributed by atoms with Crippen LogP contribution in [0.25, 0.3) is 0 Å². The van der Waals surface area contributed by atoms with Gasteiger partial charge in [0.25, 0.3) is 0 Å². The van der Waals surface area contributed by atoms with Crippen LogP contribution in [0.2, 0.25) is 0 Å². The highest BCUT2D eigenvalue weighted by molar-refractivity contribution is 4.89. The van der Waals surface area contributed by atoms with Crippen LogP contribution in [-0.4, -0.2) is 89.3 Å². The number of rotatable bonds is 11. The maximum absolute atomic E-state index is 10.8. The Balaban J connectivity index is 2.91. The summed E-state index contributed by atoms with van der Waals surface area (Å²) in [6.45, 7) is 6.39. The van der Waals surface area contributed by atoms with Gasteiger partial charge in [0, 0.05) is 37.9 Å². The van der Waals surface area contributed by atoms with E-state index in [1.807, 2.05) is 20.8 Å². The van der Waals surface area contributed by atoms with Crippen molar-refractivity contribution in [2.75, 3.05) is 33.5 Å². The molecule has 27 heavy (non-hydrogen) atoms. The van der Waals surface area contributed by atoms with Crippen molar-refractivity contribution in [2.45, 2.75) is 64.3 Å². The highest BCUT2D eigenvalue weighted by Gasteiger charge is 2.46. The summed E-state index contributed by atoms with van der Waals surface area (Å²) in [6, 6.07) is 0. The lowest BCUT2D eigenvalue weighted by molar-refractivity contribution is -0.330. The average Bonchev–Trinajstić information content (AvgIpc) is 2.68. The van der Waals surface area contributed by atoms with E-state index < -0.39 is 36.6 Å². The SMILES string of the molecule is COC(C)C(C)C(O)[C@H](CO[C@]1(CO)CC(O)[C@H](C)C(CO)O1)C(C)CO. The van der Waals surface area contributed by atoms with E-state index in [0.717, 1.165) is 0 Å². The Morgan fingerprint density at radius 1 is 1.19 bits per heavy atom. The van der Waals surface area contributed by atoms with Gasteiger partial charge in [-0.15, -0.1) is 0 Å². The summed E-state index contributed by atoms with van der Waals surface area (Å²) in [5.41, 5.74) is 0. The lowest BCUT2D eigenvalue weighted by atomic mass is 9.82. The van der Waals surface area contributed by atoms with Crippen molar-refractivity contribution in [3.63, 3.8) is 0 Å². The van der Waals surface area contributed by atoms with Crippen molar-refractivity contribution in [1.29, 1.82) is 0 Å². The zero-order valence-corrected chi connectivity index (χ0v) is 17.1. The van der Waals surface area contributed by atoms with Gasteiger partial charge in [-0.05, 0) is 12.8 Å². The van der Waals surface area contributed by atoms with Crippen molar-refractivity contribution in [2.24, 2.45) is 23.7 Å². The van der Waals surface area contributed by atoms with Gasteiger partial charge in [-0.2, -0.15) is 0 Å². The standard InChI is InChI=1S/C19H38O8/c1-11(7-20)15(18(24)12(2)14(4)25-5)9-26-19(10-22)6-16(23)13(3)17(8-21)27-19/h11-18,20-24H,6-10H2,1-5H3/t11?,12?,13-,14?,15+,16?,17?,18?,19+/m0/s1. The van der Waals surface area contributed by atoms with Gasteiger partial charge in [0.05, 0.1) is 44.2 Å². The predicted molar refractivity (Wildman–Crippen MR) is 98.9 cm³/mol. The van der Waals surface area contributed by atoms with E-state index in [1.165, 1.54) is 0 Å². The first kappa shape index (κ1) is 24.7. The van der Waals surface area contributed by atoms with Crippen molar-refractivity contribution >= 4 is 0 Å². The molecule has 1 aliphatic rings. The van der Waals surface area contributed by atoms with Crippen molar-refractivity contribution in [3.05, 3.63) is 0 Å². The Labute approximate surface area is 162 Å². The van der Waals surface area contributed by atoms with Crippen LogP contribution in [0.5, 0.6) is 0 Å². The van der Waals surface area contributed by atoms with Crippen LogP contribution in [0.4, 0.5) is 0 Å². The number of ether oxygens (including phenoxy) is 3. The summed E-state index contributed by atoms with van der Waals surface area (Å²) in [5, 5.41) is 50.0. The van der Waals surface area contributed by atoms with Crippen molar-refractivity contribution in [3.8, 4) is 0 Å². The maximum Gasteiger partial charge on any atom is 0.194 e. The molecule has 6 unspecified atom stereocenters. The third-order valence-corrected chi connectivity index (χ3v) is 6.15. The first-order chi connectivity index (χ1) is 12.7. The molecule has 0 aromatic heterocycles. The molecule has 0 aliphatic carbocycles. The van der Waals surface area contributed by atoms with Gasteiger partial charge >= 0.3 is 0 Å². The summed E-state index contributed by atoms with van der Waals surface area (Å²) in [4.78, 5) is 0. The molecule has 0 saturated carbocycles. The Hall–Kier alpha value is -0.320. The molecule has 0 aromatic carbocycles. The van der Waals surface area contributed by atoms with Crippen LogP contribution in [0.1, 0.15) is 34.1 Å². The van der Waals surface area contributed by atoms with Crippen LogP contribution >= 0.6 is 0 Å². The summed E-state index contributed by atoms with van der Waals surface area (Å²) in [5.74, 6) is -2.64. The Morgan fingerprint density at radius 2 is 1.81 bits per heavy atom. The Bertz CT molecular complexity index is 423. The maximum atomic E-state index is 10.8. The van der Waals surface area contributed by atoms with Gasteiger partial charge in [0.2, 0.25) is 0 Å². The molecule has 0 amide bonds. The number of aliphatic hydroxyl groups is 5. The second kappa shape index (κ2) is 11.0. The van der Waals surface area contributed by atoms with Crippen LogP contribution in [0.3, 0.4) is 0 Å². The van der Waals surface area contributed by atoms with Gasteiger partial charge < -0.3 is 39.7 Å². The third kappa shape index (κ3) is 6.08. The zero-order valence-electron chi connectivity index (χ0n) is 17.1. The van der Waals surface area contributed by atoms with Crippen molar-refractivity contribution < 1.29 is 39.7 Å². The molecule has 5 N–H and O–H groups in total. The summed E-state index contributed by atoms with van der Waals surface area (Å²) in [6.07, 6.45) is -2.39. The van der Waals surface area contributed by atoms with E-state index in [0.29, 0.717) is 0 Å². The minimum absolute atomic E-state index is 0.0173. The molecule has 8 heteroatoms. The molecule has 0 radical (unpaired) electrons. The van der Waals surface area contributed by atoms with Crippen LogP contribution in [0, 0.1) is 23.7 Å². The van der Waals surface area contributed by atoms with E-state index in [1.54, 1.807) is 14.0 Å². The molecule has 162 valence electrons. The average molecular weight is 395 g/mol. The van der Waals surface area contributed by atoms with Gasteiger partial charge in [0.1, 0.15) is 0 Å². The molecule has 0 aromatic rings. The molecule has 1 fully saturated rings. The van der Waals surface area contributed by atoms with E-state index in [9.17, 15) is 25.5 Å². The fourth-order valence-corrected chi connectivity index (χ4v) is 3.49. The zero-order chi connectivity index (χ0) is 20.8. The summed E-state index contributed by atoms with van der Waals surface area (Å²) >= 11 is 0. The van der Waals surface area contributed by atoms with E-state index in [-0.39, 0.29) is 50.1 Å². The van der Waals surface area contributed by atoms with Gasteiger partial charge in [-0.1, -0.05) is 20.8 Å². The number of hydrogen-bond acceptors (Lipinski definition) is 8. The topological polar surface area (TPSA) is 129 Å². The lowest BCUT2D eigenvalue weighted by Gasteiger charge is -2.45. The predicted octanol–water partition coefficient (Wildman–Crippen LogP) is -0.254. The third-order valence-electron chi connectivity index (χ3n) is 6.15. The highest BCUT2D eigenvalue weighted by Crippen LogP contribution is 2.35. The number of hydrogen-bond donors (Lipinski definition) is 5. The van der Waals surface area contributed by atoms with E-state index >= 15 is 0 Å². The second-order valence-electron chi connectivity index (χ2n) is 7.96. The fourth-order valence-electron chi connectivity index (χ4n) is 3.49. The molecular weight excluding hydrogens is 356 g/mol. The van der Waals surface area contributed by atoms with Gasteiger partial charge in [-0.25, -0.2) is 0 Å². The number of aliphatic hydroxyl groups excluding tert-OH is 5. The summed E-state index contributed by atoms with van der Waals surface area (Å²) in [7, 11) is 1.57. The van der Waals surface area contributed by atoms with Crippen LogP contribution in [0.15, 0.2) is 0 Å². The highest BCUT2D eigenvalue weighted by atomic mass is 16.7. The summed E-state index contributed by atoms with van der Waals surface area (Å²) < 4.78 is 17.0. The molecule has 1 rings (SSSR count). The Morgan fingerprint density at radius 3 is 2.30 bits per heavy atom. The fraction of sp³-hybridized carbons (Fsp3) is 1.00. The smallest absolute Gasteiger partial charge is 0.194 e. The van der Waals surface area contributed by atoms with Crippen molar-refractivity contribution in [1.82, 2.24) is 0 Å². The molecule has 1 heterocycles. The molecule has 9 atom stereocenters. The van der Waals surface area contributed by atoms with Crippen LogP contribution in [-0.2, 0) is 14.2 Å². The molecule has 0 bridgehead atoms. The quantitative estimate of drug-likeness (QED) is 0.324. The Kier molecular flexibility index (Phi) is 10.1. The minimum atomic E-state index is -1.46. The first-order valence-corrected chi connectivity index (χ1v) is 9.69. The minimum Gasteiger partial charge on any atom is -0.396 e. The van der Waals surface area contributed by atoms with Gasteiger partial charge in [0.15, 0.2) is 5.79 Å². The van der Waals surface area contributed by atoms with Gasteiger partial charge in [-0.3, -0.25) is 0 Å². The molecular formula is C19H38O8. The van der Waals surface area contributed by atoms with E-state index in [4.69, 9.17) is 14.2 Å². The monoisotopic (exact) mass is 394 g/mol. The second-order valence-corrected chi connectivity index (χ2v) is 7.96.